The van der Waals surface area contributed by atoms with E-state index < -0.39 is 9.84 Å². The minimum absolute atomic E-state index is 0.0445. The summed E-state index contributed by atoms with van der Waals surface area (Å²) in [5, 5.41) is 0.717. The van der Waals surface area contributed by atoms with Crippen molar-refractivity contribution in [3.8, 4) is 0 Å². The maximum absolute atomic E-state index is 11.3. The third-order valence-corrected chi connectivity index (χ3v) is 5.07. The van der Waals surface area contributed by atoms with Crippen molar-refractivity contribution in [1.29, 1.82) is 0 Å². The zero-order chi connectivity index (χ0) is 13.6. The van der Waals surface area contributed by atoms with Gasteiger partial charge in [-0.1, -0.05) is 36.7 Å². The number of hydrogen-bond acceptors (Lipinski definition) is 3. The smallest absolute Gasteiger partial charge is 0.150 e. The van der Waals surface area contributed by atoms with E-state index in [0.29, 0.717) is 24.3 Å². The van der Waals surface area contributed by atoms with Crippen molar-refractivity contribution in [3.63, 3.8) is 0 Å². The van der Waals surface area contributed by atoms with Crippen LogP contribution >= 0.6 is 11.6 Å². The van der Waals surface area contributed by atoms with Crippen molar-refractivity contribution >= 4 is 21.4 Å². The lowest BCUT2D eigenvalue weighted by Crippen LogP contribution is -2.24. The molecular weight excluding hydrogens is 270 g/mol. The molecule has 0 aliphatic rings. The maximum Gasteiger partial charge on any atom is 0.150 e. The van der Waals surface area contributed by atoms with Gasteiger partial charge in [0.1, 0.15) is 9.84 Å². The summed E-state index contributed by atoms with van der Waals surface area (Å²) in [7, 11) is -2.88. The Morgan fingerprint density at radius 1 is 1.33 bits per heavy atom. The van der Waals surface area contributed by atoms with Crippen LogP contribution in [0.5, 0.6) is 0 Å². The standard InChI is InChI=1S/C13H20ClNO2S/c1-2-18(16,17)9-5-7-12(15)10-11-6-3-4-8-13(11)14/h3-4,6,8,12H,2,5,7,9-10,15H2,1H3. The molecule has 1 atom stereocenters. The summed E-state index contributed by atoms with van der Waals surface area (Å²) in [6.45, 7) is 1.67. The summed E-state index contributed by atoms with van der Waals surface area (Å²) in [5.74, 6) is 0.423. The molecular formula is C13H20ClNO2S. The maximum atomic E-state index is 11.3. The lowest BCUT2D eigenvalue weighted by Gasteiger charge is -2.12. The lowest BCUT2D eigenvalue weighted by molar-refractivity contribution is 0.574. The Bertz CT molecular complexity index is 474. The molecule has 0 heterocycles. The number of halogens is 1. The van der Waals surface area contributed by atoms with E-state index in [1.54, 1.807) is 6.92 Å². The van der Waals surface area contributed by atoms with Crippen molar-refractivity contribution in [2.24, 2.45) is 5.73 Å². The molecule has 0 amide bonds. The number of hydrogen-bond donors (Lipinski definition) is 1. The van der Waals surface area contributed by atoms with E-state index in [2.05, 4.69) is 0 Å². The molecule has 1 rings (SSSR count). The summed E-state index contributed by atoms with van der Waals surface area (Å²) >= 11 is 6.05. The summed E-state index contributed by atoms with van der Waals surface area (Å²) in [6.07, 6.45) is 2.00. The molecule has 0 fully saturated rings. The molecule has 5 heteroatoms. The van der Waals surface area contributed by atoms with Gasteiger partial charge >= 0.3 is 0 Å². The van der Waals surface area contributed by atoms with Crippen molar-refractivity contribution in [3.05, 3.63) is 34.9 Å². The van der Waals surface area contributed by atoms with E-state index in [1.165, 1.54) is 0 Å². The first-order chi connectivity index (χ1) is 8.44. The Morgan fingerprint density at radius 2 is 2.00 bits per heavy atom. The Hall–Kier alpha value is -0.580. The van der Waals surface area contributed by atoms with Crippen LogP contribution in [-0.4, -0.2) is 26.0 Å². The van der Waals surface area contributed by atoms with Crippen LogP contribution in [0.2, 0.25) is 5.02 Å². The quantitative estimate of drug-likeness (QED) is 0.838. The fourth-order valence-electron chi connectivity index (χ4n) is 1.76. The highest BCUT2D eigenvalue weighted by molar-refractivity contribution is 7.91. The second kappa shape index (κ2) is 7.12. The van der Waals surface area contributed by atoms with E-state index in [-0.39, 0.29) is 17.5 Å². The molecule has 0 saturated carbocycles. The molecule has 0 aromatic heterocycles. The van der Waals surface area contributed by atoms with Gasteiger partial charge in [-0.2, -0.15) is 0 Å². The molecule has 1 aromatic carbocycles. The third kappa shape index (κ3) is 5.38. The van der Waals surface area contributed by atoms with E-state index >= 15 is 0 Å². The van der Waals surface area contributed by atoms with Gasteiger partial charge in [-0.25, -0.2) is 8.42 Å². The van der Waals surface area contributed by atoms with Crippen molar-refractivity contribution in [2.45, 2.75) is 32.2 Å². The van der Waals surface area contributed by atoms with E-state index in [0.717, 1.165) is 5.56 Å². The highest BCUT2D eigenvalue weighted by atomic mass is 35.5. The summed E-state index contributed by atoms with van der Waals surface area (Å²) in [6, 6.07) is 7.55. The van der Waals surface area contributed by atoms with Crippen LogP contribution in [0, 0.1) is 0 Å². The Labute approximate surface area is 114 Å². The first-order valence-electron chi connectivity index (χ1n) is 6.14. The van der Waals surface area contributed by atoms with Gasteiger partial charge in [-0.15, -0.1) is 0 Å². The molecule has 0 spiro atoms. The van der Waals surface area contributed by atoms with Crippen LogP contribution in [0.25, 0.3) is 0 Å². The second-order valence-corrected chi connectivity index (χ2v) is 7.31. The first kappa shape index (κ1) is 15.5. The Morgan fingerprint density at radius 3 is 2.61 bits per heavy atom. The molecule has 0 aliphatic carbocycles. The van der Waals surface area contributed by atoms with Crippen molar-refractivity contribution in [2.75, 3.05) is 11.5 Å². The monoisotopic (exact) mass is 289 g/mol. The summed E-state index contributed by atoms with van der Waals surface area (Å²) in [4.78, 5) is 0. The van der Waals surface area contributed by atoms with Crippen LogP contribution in [-0.2, 0) is 16.3 Å². The molecule has 1 unspecified atom stereocenters. The predicted molar refractivity (Wildman–Crippen MR) is 76.7 cm³/mol. The molecule has 0 aliphatic heterocycles. The van der Waals surface area contributed by atoms with Crippen LogP contribution in [0.3, 0.4) is 0 Å². The van der Waals surface area contributed by atoms with Gasteiger partial charge in [0.2, 0.25) is 0 Å². The summed E-state index contributed by atoms with van der Waals surface area (Å²) < 4.78 is 22.7. The number of sulfone groups is 1. The lowest BCUT2D eigenvalue weighted by atomic mass is 10.0. The second-order valence-electron chi connectivity index (χ2n) is 4.43. The Balaban J connectivity index is 2.39. The number of benzene rings is 1. The highest BCUT2D eigenvalue weighted by Gasteiger charge is 2.10. The molecule has 3 nitrogen and oxygen atoms in total. The minimum Gasteiger partial charge on any atom is -0.327 e. The fraction of sp³-hybridized carbons (Fsp3) is 0.538. The highest BCUT2D eigenvalue weighted by Crippen LogP contribution is 2.17. The Kier molecular flexibility index (Phi) is 6.12. The van der Waals surface area contributed by atoms with E-state index in [9.17, 15) is 8.42 Å². The van der Waals surface area contributed by atoms with Gasteiger partial charge in [0, 0.05) is 16.8 Å². The molecule has 102 valence electrons. The van der Waals surface area contributed by atoms with Gasteiger partial charge < -0.3 is 5.73 Å². The van der Waals surface area contributed by atoms with E-state index in [4.69, 9.17) is 17.3 Å². The van der Waals surface area contributed by atoms with Crippen LogP contribution in [0.4, 0.5) is 0 Å². The van der Waals surface area contributed by atoms with Gasteiger partial charge in [0.25, 0.3) is 0 Å². The number of nitrogens with two attached hydrogens (primary N) is 1. The zero-order valence-corrected chi connectivity index (χ0v) is 12.2. The molecule has 0 bridgehead atoms. The van der Waals surface area contributed by atoms with Crippen LogP contribution in [0.15, 0.2) is 24.3 Å². The van der Waals surface area contributed by atoms with Gasteiger partial charge in [0.05, 0.1) is 5.75 Å². The van der Waals surface area contributed by atoms with Gasteiger partial charge in [0.15, 0.2) is 0 Å². The minimum atomic E-state index is -2.88. The largest absolute Gasteiger partial charge is 0.327 e. The average molecular weight is 290 g/mol. The molecule has 2 N–H and O–H groups in total. The van der Waals surface area contributed by atoms with Crippen molar-refractivity contribution < 1.29 is 8.42 Å². The molecule has 0 radical (unpaired) electrons. The zero-order valence-electron chi connectivity index (χ0n) is 10.6. The van der Waals surface area contributed by atoms with Crippen LogP contribution < -0.4 is 5.73 Å². The number of rotatable bonds is 7. The summed E-state index contributed by atoms with van der Waals surface area (Å²) in [5.41, 5.74) is 7.01. The predicted octanol–water partition coefficient (Wildman–Crippen LogP) is 2.42. The SMILES string of the molecule is CCS(=O)(=O)CCCC(N)Cc1ccccc1Cl. The van der Waals surface area contributed by atoms with Gasteiger partial charge in [-0.05, 0) is 30.9 Å². The van der Waals surface area contributed by atoms with Crippen LogP contribution in [0.1, 0.15) is 25.3 Å². The third-order valence-electron chi connectivity index (χ3n) is 2.91. The average Bonchev–Trinajstić information content (AvgIpc) is 2.32. The fourth-order valence-corrected chi connectivity index (χ4v) is 2.87. The topological polar surface area (TPSA) is 60.2 Å². The van der Waals surface area contributed by atoms with Crippen molar-refractivity contribution in [1.82, 2.24) is 0 Å². The first-order valence-corrected chi connectivity index (χ1v) is 8.34. The molecule has 1 aromatic rings. The molecule has 0 saturated heterocycles. The molecule has 18 heavy (non-hydrogen) atoms. The normalized spacial score (nSPS) is 13.5. The van der Waals surface area contributed by atoms with E-state index in [1.807, 2.05) is 24.3 Å². The van der Waals surface area contributed by atoms with Gasteiger partial charge in [-0.3, -0.25) is 0 Å².